The smallest absolute Gasteiger partial charge is 0.254 e. The van der Waals surface area contributed by atoms with Gasteiger partial charge in [-0.3, -0.25) is 9.59 Å². The van der Waals surface area contributed by atoms with Crippen LogP contribution in [-0.2, 0) is 9.53 Å². The molecule has 6 heteroatoms. The van der Waals surface area contributed by atoms with E-state index in [1.807, 2.05) is 0 Å². The van der Waals surface area contributed by atoms with Crippen molar-refractivity contribution in [1.82, 2.24) is 9.80 Å². The predicted octanol–water partition coefficient (Wildman–Crippen LogP) is 0.713. The maximum Gasteiger partial charge on any atom is 0.254 e. The molecule has 0 atom stereocenters. The normalized spacial score (nSPS) is 15.7. The van der Waals surface area contributed by atoms with Gasteiger partial charge in [0.05, 0.1) is 0 Å². The van der Waals surface area contributed by atoms with Crippen LogP contribution in [-0.4, -0.2) is 66.6 Å². The number of phenols is 1. The van der Waals surface area contributed by atoms with Gasteiger partial charge in [-0.1, -0.05) is 6.07 Å². The third-order valence-corrected chi connectivity index (χ3v) is 3.50. The molecule has 1 aromatic rings. The number of aromatic hydroxyl groups is 1. The third-order valence-electron chi connectivity index (χ3n) is 3.50. The summed E-state index contributed by atoms with van der Waals surface area (Å²) >= 11 is 0. The molecule has 1 fully saturated rings. The van der Waals surface area contributed by atoms with E-state index in [9.17, 15) is 14.7 Å². The van der Waals surface area contributed by atoms with Crippen LogP contribution >= 0.6 is 0 Å². The summed E-state index contributed by atoms with van der Waals surface area (Å²) in [5, 5.41) is 9.45. The Bertz CT molecular complexity index is 518. The maximum atomic E-state index is 12.4. The Kier molecular flexibility index (Phi) is 5.16. The van der Waals surface area contributed by atoms with Crippen LogP contribution in [0.15, 0.2) is 24.3 Å². The molecule has 0 bridgehead atoms. The molecule has 0 aliphatic carbocycles. The lowest BCUT2D eigenvalue weighted by atomic mass is 10.2. The number of hydrogen-bond acceptors (Lipinski definition) is 4. The van der Waals surface area contributed by atoms with E-state index in [1.54, 1.807) is 21.9 Å². The molecule has 0 unspecified atom stereocenters. The third kappa shape index (κ3) is 3.95. The molecule has 114 valence electrons. The number of hydrogen-bond donors (Lipinski definition) is 1. The number of carbonyl (C=O) groups is 2. The molecule has 1 N–H and O–H groups in total. The fourth-order valence-corrected chi connectivity index (χ4v) is 2.41. The van der Waals surface area contributed by atoms with Crippen LogP contribution in [0.2, 0.25) is 0 Å². The van der Waals surface area contributed by atoms with Crippen LogP contribution in [0.4, 0.5) is 0 Å². The van der Waals surface area contributed by atoms with E-state index < -0.39 is 0 Å². The van der Waals surface area contributed by atoms with Crippen LogP contribution in [0.1, 0.15) is 16.8 Å². The molecule has 2 amide bonds. The van der Waals surface area contributed by atoms with E-state index in [4.69, 9.17) is 4.74 Å². The Morgan fingerprint density at radius 1 is 1.19 bits per heavy atom. The molecule has 0 spiro atoms. The first kappa shape index (κ1) is 15.3. The summed E-state index contributed by atoms with van der Waals surface area (Å²) in [6.07, 6.45) is 0.736. The highest BCUT2D eigenvalue weighted by Crippen LogP contribution is 2.14. The molecule has 1 heterocycles. The lowest BCUT2D eigenvalue weighted by molar-refractivity contribution is -0.135. The number of benzene rings is 1. The van der Waals surface area contributed by atoms with Gasteiger partial charge in [-0.05, 0) is 24.6 Å². The van der Waals surface area contributed by atoms with Crippen molar-refractivity contribution in [1.29, 1.82) is 0 Å². The Balaban J connectivity index is 1.99. The predicted molar refractivity (Wildman–Crippen MR) is 77.1 cm³/mol. The molecule has 1 aromatic carbocycles. The molecule has 1 aliphatic heterocycles. The van der Waals surface area contributed by atoms with E-state index in [0.717, 1.165) is 6.42 Å². The Morgan fingerprint density at radius 3 is 2.62 bits per heavy atom. The maximum absolute atomic E-state index is 12.4. The van der Waals surface area contributed by atoms with Crippen LogP contribution in [0.25, 0.3) is 0 Å². The first-order valence-corrected chi connectivity index (χ1v) is 6.97. The number of methoxy groups -OCH3 is 1. The number of rotatable bonds is 3. The monoisotopic (exact) mass is 292 g/mol. The minimum Gasteiger partial charge on any atom is -0.508 e. The average Bonchev–Trinajstić information content (AvgIpc) is 2.72. The zero-order valence-electron chi connectivity index (χ0n) is 12.1. The van der Waals surface area contributed by atoms with Gasteiger partial charge in [0.2, 0.25) is 5.91 Å². The van der Waals surface area contributed by atoms with Crippen molar-refractivity contribution in [3.05, 3.63) is 29.8 Å². The van der Waals surface area contributed by atoms with Gasteiger partial charge in [0.1, 0.15) is 12.4 Å². The fourth-order valence-electron chi connectivity index (χ4n) is 2.41. The molecule has 21 heavy (non-hydrogen) atoms. The first-order valence-electron chi connectivity index (χ1n) is 6.97. The summed E-state index contributed by atoms with van der Waals surface area (Å²) in [6.45, 7) is 2.30. The van der Waals surface area contributed by atoms with Crippen molar-refractivity contribution in [2.24, 2.45) is 0 Å². The molecule has 2 rings (SSSR count). The second-order valence-corrected chi connectivity index (χ2v) is 5.01. The number of phenolic OH excluding ortho intramolecular Hbond substituents is 1. The standard InChI is InChI=1S/C15H20N2O4/c1-21-11-14(19)16-6-3-7-17(9-8-16)15(20)12-4-2-5-13(18)10-12/h2,4-5,10,18H,3,6-9,11H2,1H3. The summed E-state index contributed by atoms with van der Waals surface area (Å²) in [7, 11) is 1.49. The molecule has 1 aliphatic rings. The van der Waals surface area contributed by atoms with Crippen molar-refractivity contribution >= 4 is 11.8 Å². The van der Waals surface area contributed by atoms with E-state index in [2.05, 4.69) is 0 Å². The van der Waals surface area contributed by atoms with Crippen LogP contribution in [0.3, 0.4) is 0 Å². The Labute approximate surface area is 123 Å². The summed E-state index contributed by atoms with van der Waals surface area (Å²) in [5.74, 6) is -0.0938. The molecular formula is C15H20N2O4. The minimum absolute atomic E-state index is 0.0517. The van der Waals surface area contributed by atoms with Crippen LogP contribution in [0.5, 0.6) is 5.75 Å². The topological polar surface area (TPSA) is 70.1 Å². The van der Waals surface area contributed by atoms with Gasteiger partial charge in [0.15, 0.2) is 0 Å². The van der Waals surface area contributed by atoms with Gasteiger partial charge in [0.25, 0.3) is 5.91 Å². The molecule has 6 nitrogen and oxygen atoms in total. The van der Waals surface area contributed by atoms with Crippen LogP contribution < -0.4 is 0 Å². The lowest BCUT2D eigenvalue weighted by Crippen LogP contribution is -2.38. The second-order valence-electron chi connectivity index (χ2n) is 5.01. The zero-order chi connectivity index (χ0) is 15.2. The largest absolute Gasteiger partial charge is 0.508 e. The molecule has 0 saturated carbocycles. The number of ether oxygens (including phenoxy) is 1. The van der Waals surface area contributed by atoms with Gasteiger partial charge in [-0.25, -0.2) is 0 Å². The summed E-state index contributed by atoms with van der Waals surface area (Å²) < 4.78 is 4.85. The van der Waals surface area contributed by atoms with E-state index in [-0.39, 0.29) is 24.2 Å². The van der Waals surface area contributed by atoms with Crippen molar-refractivity contribution in [2.45, 2.75) is 6.42 Å². The van der Waals surface area contributed by atoms with Gasteiger partial charge < -0.3 is 19.6 Å². The zero-order valence-corrected chi connectivity index (χ0v) is 12.1. The fraction of sp³-hybridized carbons (Fsp3) is 0.467. The van der Waals surface area contributed by atoms with E-state index in [1.165, 1.54) is 19.2 Å². The van der Waals surface area contributed by atoms with Crippen molar-refractivity contribution in [2.75, 3.05) is 39.9 Å². The van der Waals surface area contributed by atoms with E-state index >= 15 is 0 Å². The van der Waals surface area contributed by atoms with Crippen molar-refractivity contribution in [3.8, 4) is 5.75 Å². The number of nitrogens with zero attached hydrogens (tertiary/aromatic N) is 2. The average molecular weight is 292 g/mol. The molecule has 0 radical (unpaired) electrons. The Morgan fingerprint density at radius 2 is 1.90 bits per heavy atom. The first-order chi connectivity index (χ1) is 10.1. The highest BCUT2D eigenvalue weighted by atomic mass is 16.5. The van der Waals surface area contributed by atoms with Crippen LogP contribution in [0, 0.1) is 0 Å². The van der Waals surface area contributed by atoms with Gasteiger partial charge in [-0.15, -0.1) is 0 Å². The number of carbonyl (C=O) groups excluding carboxylic acids is 2. The lowest BCUT2D eigenvalue weighted by Gasteiger charge is -2.22. The SMILES string of the molecule is COCC(=O)N1CCCN(C(=O)c2cccc(O)c2)CC1. The minimum atomic E-state index is -0.119. The molecule has 1 saturated heterocycles. The highest BCUT2D eigenvalue weighted by Gasteiger charge is 2.22. The van der Waals surface area contributed by atoms with E-state index in [0.29, 0.717) is 31.7 Å². The van der Waals surface area contributed by atoms with Crippen molar-refractivity contribution < 1.29 is 19.4 Å². The second kappa shape index (κ2) is 7.08. The highest BCUT2D eigenvalue weighted by molar-refractivity contribution is 5.94. The van der Waals surface area contributed by atoms with Crippen molar-refractivity contribution in [3.63, 3.8) is 0 Å². The molecule has 0 aromatic heterocycles. The quantitative estimate of drug-likeness (QED) is 0.891. The summed E-state index contributed by atoms with van der Waals surface area (Å²) in [5.41, 5.74) is 0.465. The number of amides is 2. The van der Waals surface area contributed by atoms with Gasteiger partial charge in [-0.2, -0.15) is 0 Å². The molecular weight excluding hydrogens is 272 g/mol. The summed E-state index contributed by atoms with van der Waals surface area (Å²) in [6, 6.07) is 6.32. The summed E-state index contributed by atoms with van der Waals surface area (Å²) in [4.78, 5) is 27.6. The Hall–Kier alpha value is -2.08. The van der Waals surface area contributed by atoms with Gasteiger partial charge >= 0.3 is 0 Å². The van der Waals surface area contributed by atoms with Gasteiger partial charge in [0, 0.05) is 38.9 Å².